The summed E-state index contributed by atoms with van der Waals surface area (Å²) in [6.45, 7) is 1.45. The van der Waals surface area contributed by atoms with Gasteiger partial charge in [0.05, 0.1) is 13.2 Å². The van der Waals surface area contributed by atoms with Crippen LogP contribution in [-0.2, 0) is 19.4 Å². The minimum Gasteiger partial charge on any atom is -0.395 e. The molecule has 0 saturated carbocycles. The highest BCUT2D eigenvalue weighted by atomic mass is 32.2. The summed E-state index contributed by atoms with van der Waals surface area (Å²) < 4.78 is 5.43. The zero-order chi connectivity index (χ0) is 16.6. The van der Waals surface area contributed by atoms with Crippen LogP contribution >= 0.6 is 11.8 Å². The molecule has 0 aliphatic carbocycles. The van der Waals surface area contributed by atoms with Gasteiger partial charge in [0.1, 0.15) is 0 Å². The number of aliphatic hydroxyl groups excluding tert-OH is 1. The van der Waals surface area contributed by atoms with Crippen molar-refractivity contribution >= 4 is 11.8 Å². The Labute approximate surface area is 147 Å². The molecule has 24 heavy (non-hydrogen) atoms. The first-order chi connectivity index (χ1) is 11.8. The maximum absolute atomic E-state index is 9.35. The Kier molecular flexibility index (Phi) is 6.69. The molecule has 1 aliphatic heterocycles. The molecule has 0 unspecified atom stereocenters. The predicted octanol–water partition coefficient (Wildman–Crippen LogP) is 2.54. The molecule has 3 rings (SSSR count). The van der Waals surface area contributed by atoms with E-state index in [1.54, 1.807) is 0 Å². The Morgan fingerprint density at radius 2 is 2.12 bits per heavy atom. The van der Waals surface area contributed by atoms with Gasteiger partial charge in [-0.05, 0) is 30.6 Å². The second kappa shape index (κ2) is 9.20. The lowest BCUT2D eigenvalue weighted by molar-refractivity contribution is 0.131. The van der Waals surface area contributed by atoms with Gasteiger partial charge in [0.2, 0.25) is 5.89 Å². The van der Waals surface area contributed by atoms with Gasteiger partial charge in [-0.15, -0.1) is 0 Å². The fraction of sp³-hybridized carbons (Fsp3) is 0.556. The van der Waals surface area contributed by atoms with Gasteiger partial charge in [-0.3, -0.25) is 4.90 Å². The zero-order valence-corrected chi connectivity index (χ0v) is 14.7. The van der Waals surface area contributed by atoms with Crippen molar-refractivity contribution in [2.45, 2.75) is 38.3 Å². The molecule has 130 valence electrons. The van der Waals surface area contributed by atoms with Crippen LogP contribution in [0.25, 0.3) is 0 Å². The molecule has 2 heterocycles. The molecule has 1 aromatic heterocycles. The van der Waals surface area contributed by atoms with E-state index in [0.29, 0.717) is 25.0 Å². The van der Waals surface area contributed by atoms with Crippen LogP contribution in [0.4, 0.5) is 0 Å². The van der Waals surface area contributed by atoms with Crippen molar-refractivity contribution in [3.8, 4) is 0 Å². The summed E-state index contributed by atoms with van der Waals surface area (Å²) in [5, 5.41) is 13.5. The highest BCUT2D eigenvalue weighted by molar-refractivity contribution is 7.99. The van der Waals surface area contributed by atoms with Gasteiger partial charge in [-0.1, -0.05) is 35.5 Å². The summed E-state index contributed by atoms with van der Waals surface area (Å²) in [7, 11) is 0. The van der Waals surface area contributed by atoms with Crippen LogP contribution in [0.3, 0.4) is 0 Å². The average molecular weight is 347 g/mol. The lowest BCUT2D eigenvalue weighted by Crippen LogP contribution is -2.40. The molecule has 0 radical (unpaired) electrons. The number of hydrogen-bond acceptors (Lipinski definition) is 6. The second-order valence-electron chi connectivity index (χ2n) is 6.15. The number of aromatic nitrogens is 2. The molecule has 6 heteroatoms. The largest absolute Gasteiger partial charge is 0.395 e. The van der Waals surface area contributed by atoms with Crippen molar-refractivity contribution in [1.82, 2.24) is 15.0 Å². The summed E-state index contributed by atoms with van der Waals surface area (Å²) >= 11 is 1.99. The van der Waals surface area contributed by atoms with Crippen LogP contribution < -0.4 is 0 Å². The standard InChI is InChI=1S/C18H25N3O2S/c22-11-10-21(16-7-4-12-24-14-16)13-18-19-17(20-23-18)9-8-15-5-2-1-3-6-15/h1-3,5-6,16,22H,4,7-14H2/t16-/m1/s1. The summed E-state index contributed by atoms with van der Waals surface area (Å²) in [6, 6.07) is 10.8. The summed E-state index contributed by atoms with van der Waals surface area (Å²) in [5.74, 6) is 3.78. The first-order valence-corrected chi connectivity index (χ1v) is 9.78. The fourth-order valence-electron chi connectivity index (χ4n) is 3.06. The third-order valence-electron chi connectivity index (χ3n) is 4.37. The maximum atomic E-state index is 9.35. The van der Waals surface area contributed by atoms with E-state index in [1.807, 2.05) is 30.0 Å². The van der Waals surface area contributed by atoms with Gasteiger partial charge < -0.3 is 9.63 Å². The molecule has 1 fully saturated rings. The number of rotatable bonds is 8. The minimum atomic E-state index is 0.163. The Bertz CT molecular complexity index is 599. The molecule has 2 aromatic rings. The Balaban J connectivity index is 1.55. The summed E-state index contributed by atoms with van der Waals surface area (Å²) in [6.07, 6.45) is 4.12. The van der Waals surface area contributed by atoms with Gasteiger partial charge in [0.15, 0.2) is 5.82 Å². The van der Waals surface area contributed by atoms with Crippen molar-refractivity contribution in [2.75, 3.05) is 24.7 Å². The third-order valence-corrected chi connectivity index (χ3v) is 5.57. The number of hydrogen-bond donors (Lipinski definition) is 1. The molecular formula is C18H25N3O2S. The Morgan fingerprint density at radius 1 is 1.25 bits per heavy atom. The van der Waals surface area contributed by atoms with E-state index in [-0.39, 0.29) is 6.61 Å². The first kappa shape index (κ1) is 17.5. The first-order valence-electron chi connectivity index (χ1n) is 8.63. The van der Waals surface area contributed by atoms with Crippen molar-refractivity contribution in [3.05, 3.63) is 47.6 Å². The van der Waals surface area contributed by atoms with Crippen molar-refractivity contribution in [1.29, 1.82) is 0 Å². The Hall–Kier alpha value is -1.37. The van der Waals surface area contributed by atoms with E-state index >= 15 is 0 Å². The smallest absolute Gasteiger partial charge is 0.240 e. The monoisotopic (exact) mass is 347 g/mol. The highest BCUT2D eigenvalue weighted by Crippen LogP contribution is 2.22. The molecule has 1 N–H and O–H groups in total. The zero-order valence-electron chi connectivity index (χ0n) is 13.9. The van der Waals surface area contributed by atoms with Crippen LogP contribution in [0, 0.1) is 0 Å². The minimum absolute atomic E-state index is 0.163. The molecule has 0 amide bonds. The van der Waals surface area contributed by atoms with Gasteiger partial charge in [0, 0.05) is 24.8 Å². The number of benzene rings is 1. The maximum Gasteiger partial charge on any atom is 0.240 e. The molecule has 1 aliphatic rings. The van der Waals surface area contributed by atoms with Crippen LogP contribution in [0.15, 0.2) is 34.9 Å². The van der Waals surface area contributed by atoms with E-state index in [4.69, 9.17) is 4.52 Å². The molecule has 0 spiro atoms. The molecule has 1 aromatic carbocycles. The lowest BCUT2D eigenvalue weighted by atomic mass is 10.1. The molecule has 5 nitrogen and oxygen atoms in total. The average Bonchev–Trinajstić information content (AvgIpc) is 3.09. The number of thioether (sulfide) groups is 1. The van der Waals surface area contributed by atoms with Crippen molar-refractivity contribution in [2.24, 2.45) is 0 Å². The van der Waals surface area contributed by atoms with E-state index in [0.717, 1.165) is 24.4 Å². The normalized spacial score (nSPS) is 18.2. The predicted molar refractivity (Wildman–Crippen MR) is 96.0 cm³/mol. The summed E-state index contributed by atoms with van der Waals surface area (Å²) in [4.78, 5) is 6.81. The highest BCUT2D eigenvalue weighted by Gasteiger charge is 2.23. The molecule has 1 saturated heterocycles. The topological polar surface area (TPSA) is 62.4 Å². The van der Waals surface area contributed by atoms with Gasteiger partial charge in [0.25, 0.3) is 0 Å². The summed E-state index contributed by atoms with van der Waals surface area (Å²) in [5.41, 5.74) is 1.28. The lowest BCUT2D eigenvalue weighted by Gasteiger charge is -2.32. The number of aryl methyl sites for hydroxylation is 2. The van der Waals surface area contributed by atoms with Crippen LogP contribution in [0.2, 0.25) is 0 Å². The van der Waals surface area contributed by atoms with E-state index in [1.165, 1.54) is 24.2 Å². The molecular weight excluding hydrogens is 322 g/mol. The second-order valence-corrected chi connectivity index (χ2v) is 7.30. The van der Waals surface area contributed by atoms with Crippen LogP contribution in [0.5, 0.6) is 0 Å². The third kappa shape index (κ3) is 5.06. The van der Waals surface area contributed by atoms with Gasteiger partial charge in [-0.25, -0.2) is 0 Å². The number of nitrogens with zero attached hydrogens (tertiary/aromatic N) is 3. The van der Waals surface area contributed by atoms with Crippen molar-refractivity contribution < 1.29 is 9.63 Å². The van der Waals surface area contributed by atoms with Crippen LogP contribution in [-0.4, -0.2) is 50.8 Å². The SMILES string of the molecule is OCCN(Cc1nc(CCc2ccccc2)no1)[C@@H]1CCCSC1. The van der Waals surface area contributed by atoms with E-state index < -0.39 is 0 Å². The van der Waals surface area contributed by atoms with Crippen LogP contribution in [0.1, 0.15) is 30.1 Å². The van der Waals surface area contributed by atoms with Crippen molar-refractivity contribution in [3.63, 3.8) is 0 Å². The van der Waals surface area contributed by atoms with E-state index in [9.17, 15) is 5.11 Å². The van der Waals surface area contributed by atoms with Gasteiger partial charge in [-0.2, -0.15) is 16.7 Å². The fourth-order valence-corrected chi connectivity index (χ4v) is 4.25. The molecule has 0 bridgehead atoms. The van der Waals surface area contributed by atoms with Gasteiger partial charge >= 0.3 is 0 Å². The molecule has 1 atom stereocenters. The van der Waals surface area contributed by atoms with E-state index in [2.05, 4.69) is 27.2 Å². The number of aliphatic hydroxyl groups is 1. The Morgan fingerprint density at radius 3 is 2.88 bits per heavy atom. The quantitative estimate of drug-likeness (QED) is 0.792.